The van der Waals surface area contributed by atoms with Gasteiger partial charge in [-0.1, -0.05) is 13.8 Å². The van der Waals surface area contributed by atoms with E-state index in [1.165, 1.54) is 19.9 Å². The SMILES string of the molecule is COc1c(NCC2CC2(C)C)nc[nH]c1=O. The molecule has 5 heteroatoms. The molecule has 0 amide bonds. The lowest BCUT2D eigenvalue weighted by atomic mass is 10.1. The number of aromatic amines is 1. The standard InChI is InChI=1S/C11H17N3O2/c1-11(2)4-7(11)5-12-9-8(16-3)10(15)14-6-13-9/h6-7H,4-5H2,1-3H3,(H2,12,13,14,15). The van der Waals surface area contributed by atoms with Gasteiger partial charge in [0, 0.05) is 6.54 Å². The van der Waals surface area contributed by atoms with E-state index in [4.69, 9.17) is 4.74 Å². The van der Waals surface area contributed by atoms with Gasteiger partial charge in [-0.25, -0.2) is 4.98 Å². The maximum absolute atomic E-state index is 11.4. The maximum atomic E-state index is 11.4. The third-order valence-corrected chi connectivity index (χ3v) is 3.25. The first-order chi connectivity index (χ1) is 7.54. The molecule has 0 bridgehead atoms. The summed E-state index contributed by atoms with van der Waals surface area (Å²) in [6.07, 6.45) is 2.59. The van der Waals surface area contributed by atoms with Gasteiger partial charge in [-0.2, -0.15) is 0 Å². The summed E-state index contributed by atoms with van der Waals surface area (Å²) in [6.45, 7) is 5.31. The molecule has 0 radical (unpaired) electrons. The van der Waals surface area contributed by atoms with E-state index in [2.05, 4.69) is 29.1 Å². The molecule has 0 aliphatic heterocycles. The first-order valence-corrected chi connectivity index (χ1v) is 5.40. The van der Waals surface area contributed by atoms with Crippen molar-refractivity contribution in [1.29, 1.82) is 0 Å². The summed E-state index contributed by atoms with van der Waals surface area (Å²) >= 11 is 0. The molecule has 1 aliphatic carbocycles. The highest BCUT2D eigenvalue weighted by Crippen LogP contribution is 2.51. The van der Waals surface area contributed by atoms with E-state index in [1.54, 1.807) is 0 Å². The Morgan fingerprint density at radius 1 is 1.69 bits per heavy atom. The molecule has 1 saturated carbocycles. The molecule has 1 aromatic heterocycles. The van der Waals surface area contributed by atoms with Crippen LogP contribution in [0.5, 0.6) is 5.75 Å². The van der Waals surface area contributed by atoms with Crippen LogP contribution in [0.4, 0.5) is 5.82 Å². The van der Waals surface area contributed by atoms with Crippen LogP contribution in [-0.4, -0.2) is 23.6 Å². The average Bonchev–Trinajstić information content (AvgIpc) is 2.83. The third kappa shape index (κ3) is 2.03. The fourth-order valence-corrected chi connectivity index (χ4v) is 1.85. The first kappa shape index (κ1) is 11.0. The van der Waals surface area contributed by atoms with Crippen molar-refractivity contribution in [3.8, 4) is 5.75 Å². The molecule has 88 valence electrons. The van der Waals surface area contributed by atoms with Crippen LogP contribution in [0, 0.1) is 11.3 Å². The summed E-state index contributed by atoms with van der Waals surface area (Å²) < 4.78 is 5.01. The van der Waals surface area contributed by atoms with Gasteiger partial charge in [0.05, 0.1) is 13.4 Å². The first-order valence-electron chi connectivity index (χ1n) is 5.40. The molecule has 1 fully saturated rings. The van der Waals surface area contributed by atoms with Crippen LogP contribution >= 0.6 is 0 Å². The van der Waals surface area contributed by atoms with E-state index in [1.807, 2.05) is 0 Å². The number of nitrogens with one attached hydrogen (secondary N) is 2. The zero-order chi connectivity index (χ0) is 11.8. The molecule has 2 rings (SSSR count). The van der Waals surface area contributed by atoms with Gasteiger partial charge in [-0.3, -0.25) is 4.79 Å². The van der Waals surface area contributed by atoms with Gasteiger partial charge in [-0.15, -0.1) is 0 Å². The number of hydrogen-bond donors (Lipinski definition) is 2. The van der Waals surface area contributed by atoms with E-state index in [-0.39, 0.29) is 11.3 Å². The second kappa shape index (κ2) is 3.81. The van der Waals surface area contributed by atoms with Crippen molar-refractivity contribution in [2.24, 2.45) is 11.3 Å². The quantitative estimate of drug-likeness (QED) is 0.805. The van der Waals surface area contributed by atoms with Crippen molar-refractivity contribution in [2.45, 2.75) is 20.3 Å². The Morgan fingerprint density at radius 2 is 2.38 bits per heavy atom. The van der Waals surface area contributed by atoms with E-state index in [0.717, 1.165) is 6.54 Å². The smallest absolute Gasteiger partial charge is 0.295 e. The highest BCUT2D eigenvalue weighted by molar-refractivity contribution is 5.48. The lowest BCUT2D eigenvalue weighted by Gasteiger charge is -2.09. The molecular formula is C11H17N3O2. The summed E-state index contributed by atoms with van der Waals surface area (Å²) in [5, 5.41) is 3.17. The zero-order valence-electron chi connectivity index (χ0n) is 9.83. The van der Waals surface area contributed by atoms with Gasteiger partial charge >= 0.3 is 0 Å². The molecule has 5 nitrogen and oxygen atoms in total. The number of nitrogens with zero attached hydrogens (tertiary/aromatic N) is 1. The summed E-state index contributed by atoms with van der Waals surface area (Å²) in [6, 6.07) is 0. The number of rotatable bonds is 4. The van der Waals surface area contributed by atoms with Gasteiger partial charge in [0.15, 0.2) is 5.82 Å². The highest BCUT2D eigenvalue weighted by Gasteiger charge is 2.45. The largest absolute Gasteiger partial charge is 0.489 e. The monoisotopic (exact) mass is 223 g/mol. The Kier molecular flexibility index (Phi) is 2.61. The van der Waals surface area contributed by atoms with E-state index >= 15 is 0 Å². The Bertz CT molecular complexity index is 439. The normalized spacial score (nSPS) is 21.6. The Morgan fingerprint density at radius 3 is 2.94 bits per heavy atom. The predicted octanol–water partition coefficient (Wildman–Crippen LogP) is 1.24. The maximum Gasteiger partial charge on any atom is 0.295 e. The topological polar surface area (TPSA) is 67.0 Å². The molecule has 1 unspecified atom stereocenters. The summed E-state index contributed by atoms with van der Waals surface area (Å²) in [7, 11) is 1.47. The summed E-state index contributed by atoms with van der Waals surface area (Å²) in [4.78, 5) is 17.9. The van der Waals surface area contributed by atoms with Gasteiger partial charge < -0.3 is 15.0 Å². The van der Waals surface area contributed by atoms with E-state index in [9.17, 15) is 4.79 Å². The molecule has 1 atom stereocenters. The summed E-state index contributed by atoms with van der Waals surface area (Å²) in [5.74, 6) is 1.42. The van der Waals surface area contributed by atoms with Crippen LogP contribution in [0.25, 0.3) is 0 Å². The molecule has 0 spiro atoms. The predicted molar refractivity (Wildman–Crippen MR) is 61.8 cm³/mol. The lowest BCUT2D eigenvalue weighted by molar-refractivity contribution is 0.407. The van der Waals surface area contributed by atoms with Gasteiger partial charge in [0.25, 0.3) is 5.56 Å². The highest BCUT2D eigenvalue weighted by atomic mass is 16.5. The molecule has 1 heterocycles. The van der Waals surface area contributed by atoms with Crippen molar-refractivity contribution >= 4 is 5.82 Å². The fraction of sp³-hybridized carbons (Fsp3) is 0.636. The van der Waals surface area contributed by atoms with Crippen LogP contribution in [0.3, 0.4) is 0 Å². The molecule has 1 aromatic rings. The third-order valence-electron chi connectivity index (χ3n) is 3.25. The van der Waals surface area contributed by atoms with Crippen LogP contribution in [-0.2, 0) is 0 Å². The zero-order valence-corrected chi connectivity index (χ0v) is 9.83. The second-order valence-electron chi connectivity index (χ2n) is 4.88. The Labute approximate surface area is 94.2 Å². The number of H-pyrrole nitrogens is 1. The fourth-order valence-electron chi connectivity index (χ4n) is 1.85. The van der Waals surface area contributed by atoms with Gasteiger partial charge in [0.1, 0.15) is 0 Å². The lowest BCUT2D eigenvalue weighted by Crippen LogP contribution is -2.16. The van der Waals surface area contributed by atoms with Crippen molar-refractivity contribution in [3.05, 3.63) is 16.7 Å². The van der Waals surface area contributed by atoms with Gasteiger partial charge in [-0.05, 0) is 17.8 Å². The number of anilines is 1. The number of methoxy groups -OCH3 is 1. The Hall–Kier alpha value is -1.52. The minimum absolute atomic E-state index is 0.251. The van der Waals surface area contributed by atoms with Crippen molar-refractivity contribution in [3.63, 3.8) is 0 Å². The minimum Gasteiger partial charge on any atom is -0.489 e. The van der Waals surface area contributed by atoms with Crippen LogP contribution in [0.15, 0.2) is 11.1 Å². The van der Waals surface area contributed by atoms with Crippen molar-refractivity contribution < 1.29 is 4.74 Å². The summed E-state index contributed by atoms with van der Waals surface area (Å²) in [5.41, 5.74) is 0.164. The van der Waals surface area contributed by atoms with E-state index in [0.29, 0.717) is 17.2 Å². The molecule has 2 N–H and O–H groups in total. The second-order valence-corrected chi connectivity index (χ2v) is 4.88. The number of ether oxygens (including phenoxy) is 1. The minimum atomic E-state index is -0.255. The number of aromatic nitrogens is 2. The van der Waals surface area contributed by atoms with E-state index < -0.39 is 0 Å². The molecular weight excluding hydrogens is 206 g/mol. The molecule has 0 saturated heterocycles. The van der Waals surface area contributed by atoms with Crippen LogP contribution in [0.2, 0.25) is 0 Å². The van der Waals surface area contributed by atoms with Gasteiger partial charge in [0.2, 0.25) is 5.75 Å². The van der Waals surface area contributed by atoms with Crippen molar-refractivity contribution in [1.82, 2.24) is 9.97 Å². The molecule has 0 aromatic carbocycles. The number of hydrogen-bond acceptors (Lipinski definition) is 4. The Balaban J connectivity index is 2.05. The molecule has 1 aliphatic rings. The molecule has 16 heavy (non-hydrogen) atoms. The van der Waals surface area contributed by atoms with Crippen LogP contribution < -0.4 is 15.6 Å². The average molecular weight is 223 g/mol. The van der Waals surface area contributed by atoms with Crippen molar-refractivity contribution in [2.75, 3.05) is 19.0 Å². The van der Waals surface area contributed by atoms with Crippen LogP contribution in [0.1, 0.15) is 20.3 Å².